The van der Waals surface area contributed by atoms with Crippen LogP contribution in [0, 0.1) is 0 Å². The van der Waals surface area contributed by atoms with Gasteiger partial charge in [0.05, 0.1) is 6.54 Å². The summed E-state index contributed by atoms with van der Waals surface area (Å²) in [5, 5.41) is 6.85. The van der Waals surface area contributed by atoms with Gasteiger partial charge in [-0.1, -0.05) is 17.3 Å². The maximum absolute atomic E-state index is 5.78. The Labute approximate surface area is 104 Å². The Morgan fingerprint density at radius 3 is 3.00 bits per heavy atom. The maximum Gasteiger partial charge on any atom is 0.240 e. The predicted molar refractivity (Wildman–Crippen MR) is 62.4 cm³/mol. The number of ether oxygens (including phenoxy) is 2. The van der Waals surface area contributed by atoms with Crippen molar-refractivity contribution >= 4 is 0 Å². The quantitative estimate of drug-likeness (QED) is 0.881. The second-order valence-electron chi connectivity index (χ2n) is 3.94. The van der Waals surface area contributed by atoms with Crippen LogP contribution in [0.15, 0.2) is 28.8 Å². The molecule has 1 aromatic heterocycles. The van der Waals surface area contributed by atoms with Gasteiger partial charge in [0.15, 0.2) is 17.6 Å². The van der Waals surface area contributed by atoms with Gasteiger partial charge in [-0.25, -0.2) is 0 Å². The highest BCUT2D eigenvalue weighted by Gasteiger charge is 2.26. The standard InChI is InChI=1S/C12H13N3O3/c1-13-6-11-14-12(15-18-11)10-7-16-8-4-2-3-5-9(8)17-10/h2-5,10,13H,6-7H2,1H3. The maximum atomic E-state index is 5.78. The molecule has 1 atom stereocenters. The van der Waals surface area contributed by atoms with E-state index in [4.69, 9.17) is 14.0 Å². The van der Waals surface area contributed by atoms with Crippen LogP contribution >= 0.6 is 0 Å². The Morgan fingerprint density at radius 2 is 2.17 bits per heavy atom. The van der Waals surface area contributed by atoms with Crippen molar-refractivity contribution in [3.8, 4) is 11.5 Å². The first-order valence-electron chi connectivity index (χ1n) is 5.72. The van der Waals surface area contributed by atoms with Crippen molar-refractivity contribution in [1.29, 1.82) is 0 Å². The van der Waals surface area contributed by atoms with Crippen molar-refractivity contribution in [1.82, 2.24) is 15.5 Å². The minimum atomic E-state index is -0.325. The molecule has 2 heterocycles. The van der Waals surface area contributed by atoms with Gasteiger partial charge in [0.25, 0.3) is 0 Å². The Kier molecular flexibility index (Phi) is 2.85. The molecule has 18 heavy (non-hydrogen) atoms. The minimum Gasteiger partial charge on any atom is -0.485 e. The van der Waals surface area contributed by atoms with Crippen LogP contribution in [0.25, 0.3) is 0 Å². The molecule has 0 bridgehead atoms. The predicted octanol–water partition coefficient (Wildman–Crippen LogP) is 1.30. The minimum absolute atomic E-state index is 0.325. The highest BCUT2D eigenvalue weighted by atomic mass is 16.6. The average Bonchev–Trinajstić information content (AvgIpc) is 2.87. The van der Waals surface area contributed by atoms with Gasteiger partial charge in [-0.15, -0.1) is 0 Å². The zero-order valence-corrected chi connectivity index (χ0v) is 9.92. The van der Waals surface area contributed by atoms with Crippen LogP contribution in [0.1, 0.15) is 17.8 Å². The first-order chi connectivity index (χ1) is 8.86. The Balaban J connectivity index is 1.78. The van der Waals surface area contributed by atoms with Crippen LogP contribution in [0.2, 0.25) is 0 Å². The molecule has 0 fully saturated rings. The lowest BCUT2D eigenvalue weighted by Gasteiger charge is -2.24. The van der Waals surface area contributed by atoms with E-state index >= 15 is 0 Å². The van der Waals surface area contributed by atoms with Crippen LogP contribution in [0.5, 0.6) is 11.5 Å². The van der Waals surface area contributed by atoms with Crippen molar-refractivity contribution in [2.45, 2.75) is 12.6 Å². The molecule has 1 aliphatic heterocycles. The smallest absolute Gasteiger partial charge is 0.240 e. The lowest BCUT2D eigenvalue weighted by atomic mass is 10.2. The first-order valence-corrected chi connectivity index (χ1v) is 5.72. The number of hydrogen-bond donors (Lipinski definition) is 1. The van der Waals surface area contributed by atoms with Crippen molar-refractivity contribution < 1.29 is 14.0 Å². The number of para-hydroxylation sites is 2. The average molecular weight is 247 g/mol. The van der Waals surface area contributed by atoms with E-state index < -0.39 is 0 Å². The number of rotatable bonds is 3. The van der Waals surface area contributed by atoms with Crippen LogP contribution in [-0.2, 0) is 6.54 Å². The Morgan fingerprint density at radius 1 is 1.33 bits per heavy atom. The zero-order chi connectivity index (χ0) is 12.4. The summed E-state index contributed by atoms with van der Waals surface area (Å²) in [4.78, 5) is 4.25. The Hall–Kier alpha value is -2.08. The monoisotopic (exact) mass is 247 g/mol. The summed E-state index contributed by atoms with van der Waals surface area (Å²) in [6.07, 6.45) is -0.325. The van der Waals surface area contributed by atoms with E-state index in [1.165, 1.54) is 0 Å². The summed E-state index contributed by atoms with van der Waals surface area (Å²) in [6, 6.07) is 7.53. The summed E-state index contributed by atoms with van der Waals surface area (Å²) in [5.41, 5.74) is 0. The number of aromatic nitrogens is 2. The summed E-state index contributed by atoms with van der Waals surface area (Å²) in [5.74, 6) is 2.49. The first kappa shape index (κ1) is 11.0. The van der Waals surface area contributed by atoms with Crippen molar-refractivity contribution in [2.24, 2.45) is 0 Å². The third kappa shape index (κ3) is 2.02. The summed E-state index contributed by atoms with van der Waals surface area (Å²) in [6.45, 7) is 0.923. The molecular formula is C12H13N3O3. The van der Waals surface area contributed by atoms with E-state index in [0.29, 0.717) is 30.6 Å². The molecule has 3 rings (SSSR count). The molecular weight excluding hydrogens is 234 g/mol. The molecule has 1 aliphatic rings. The van der Waals surface area contributed by atoms with Crippen molar-refractivity contribution in [3.05, 3.63) is 36.0 Å². The molecule has 6 heteroatoms. The molecule has 2 aromatic rings. The van der Waals surface area contributed by atoms with Gasteiger partial charge in [-0.2, -0.15) is 4.98 Å². The van der Waals surface area contributed by atoms with E-state index in [1.54, 1.807) is 0 Å². The molecule has 0 saturated heterocycles. The van der Waals surface area contributed by atoms with Gasteiger partial charge in [-0.3, -0.25) is 0 Å². The zero-order valence-electron chi connectivity index (χ0n) is 9.92. The number of hydrogen-bond acceptors (Lipinski definition) is 6. The SMILES string of the molecule is CNCc1nc(C2COc3ccccc3O2)no1. The van der Waals surface area contributed by atoms with E-state index in [9.17, 15) is 0 Å². The molecule has 0 radical (unpaired) electrons. The molecule has 1 N–H and O–H groups in total. The molecule has 6 nitrogen and oxygen atoms in total. The number of benzene rings is 1. The van der Waals surface area contributed by atoms with Gasteiger partial charge in [0.2, 0.25) is 11.7 Å². The molecule has 1 unspecified atom stereocenters. The van der Waals surface area contributed by atoms with E-state index in [1.807, 2.05) is 31.3 Å². The Bertz CT molecular complexity index is 541. The van der Waals surface area contributed by atoms with Gasteiger partial charge in [0, 0.05) is 0 Å². The molecule has 0 spiro atoms. The highest BCUT2D eigenvalue weighted by molar-refractivity contribution is 5.40. The number of nitrogens with zero attached hydrogens (tertiary/aromatic N) is 2. The summed E-state index contributed by atoms with van der Waals surface area (Å²) in [7, 11) is 1.82. The topological polar surface area (TPSA) is 69.4 Å². The lowest BCUT2D eigenvalue weighted by molar-refractivity contribution is 0.0832. The number of nitrogens with one attached hydrogen (secondary N) is 1. The normalized spacial score (nSPS) is 17.7. The fraction of sp³-hybridized carbons (Fsp3) is 0.333. The third-order valence-corrected chi connectivity index (χ3v) is 2.61. The molecule has 94 valence electrons. The molecule has 1 aromatic carbocycles. The van der Waals surface area contributed by atoms with Crippen molar-refractivity contribution in [2.75, 3.05) is 13.7 Å². The van der Waals surface area contributed by atoms with Gasteiger partial charge in [0.1, 0.15) is 6.61 Å². The van der Waals surface area contributed by atoms with Gasteiger partial charge < -0.3 is 19.3 Å². The highest BCUT2D eigenvalue weighted by Crippen LogP contribution is 2.34. The van der Waals surface area contributed by atoms with Crippen molar-refractivity contribution in [3.63, 3.8) is 0 Å². The molecule has 0 aliphatic carbocycles. The molecule has 0 amide bonds. The van der Waals surface area contributed by atoms with Crippen LogP contribution in [0.3, 0.4) is 0 Å². The van der Waals surface area contributed by atoms with Gasteiger partial charge >= 0.3 is 0 Å². The lowest BCUT2D eigenvalue weighted by Crippen LogP contribution is -2.22. The number of fused-ring (bicyclic) bond motifs is 1. The van der Waals surface area contributed by atoms with Crippen LogP contribution in [0.4, 0.5) is 0 Å². The van der Waals surface area contributed by atoms with E-state index in [-0.39, 0.29) is 6.10 Å². The summed E-state index contributed by atoms with van der Waals surface area (Å²) < 4.78 is 16.5. The van der Waals surface area contributed by atoms with Gasteiger partial charge in [-0.05, 0) is 19.2 Å². The van der Waals surface area contributed by atoms with E-state index in [0.717, 1.165) is 5.75 Å². The fourth-order valence-corrected chi connectivity index (χ4v) is 1.77. The second-order valence-corrected chi connectivity index (χ2v) is 3.94. The fourth-order valence-electron chi connectivity index (χ4n) is 1.77. The van der Waals surface area contributed by atoms with Crippen LogP contribution in [-0.4, -0.2) is 23.8 Å². The third-order valence-electron chi connectivity index (χ3n) is 2.61. The van der Waals surface area contributed by atoms with Crippen LogP contribution < -0.4 is 14.8 Å². The second kappa shape index (κ2) is 4.66. The molecule has 0 saturated carbocycles. The van der Waals surface area contributed by atoms with E-state index in [2.05, 4.69) is 15.5 Å². The summed E-state index contributed by atoms with van der Waals surface area (Å²) >= 11 is 0. The largest absolute Gasteiger partial charge is 0.485 e.